The van der Waals surface area contributed by atoms with E-state index in [1.807, 2.05) is 5.38 Å². The zero-order valence-corrected chi connectivity index (χ0v) is 12.1. The van der Waals surface area contributed by atoms with Crippen molar-refractivity contribution < 1.29 is 14.7 Å². The summed E-state index contributed by atoms with van der Waals surface area (Å²) in [5, 5.41) is 16.5. The molecule has 0 bridgehead atoms. The highest BCUT2D eigenvalue weighted by atomic mass is 32.1. The summed E-state index contributed by atoms with van der Waals surface area (Å²) in [6.45, 7) is 0.766. The smallest absolute Gasteiger partial charge is 0.261 e. The molecule has 110 valence electrons. The standard InChI is InChI=1S/C14H20N2O3S/c17-9-11-4-1-3-10(11)7-15-13(18)8-16-14(19)12-5-2-6-20-12/h2,5-6,10-11,17H,1,3-4,7-9H2,(H,15,18)(H,16,19). The van der Waals surface area contributed by atoms with Gasteiger partial charge in [0.1, 0.15) is 0 Å². The van der Waals surface area contributed by atoms with Crippen LogP contribution in [0.4, 0.5) is 0 Å². The van der Waals surface area contributed by atoms with Crippen LogP contribution in [0.3, 0.4) is 0 Å². The van der Waals surface area contributed by atoms with Crippen molar-refractivity contribution in [1.29, 1.82) is 0 Å². The second-order valence-corrected chi connectivity index (χ2v) is 6.05. The number of hydrogen-bond donors (Lipinski definition) is 3. The van der Waals surface area contributed by atoms with E-state index in [1.165, 1.54) is 11.3 Å². The molecule has 0 saturated heterocycles. The summed E-state index contributed by atoms with van der Waals surface area (Å²) in [5.74, 6) is 0.260. The number of aliphatic hydroxyl groups excluding tert-OH is 1. The maximum absolute atomic E-state index is 11.7. The first-order chi connectivity index (χ1) is 9.70. The van der Waals surface area contributed by atoms with Gasteiger partial charge in [0.2, 0.25) is 5.91 Å². The molecule has 0 aliphatic heterocycles. The van der Waals surface area contributed by atoms with Crippen molar-refractivity contribution in [1.82, 2.24) is 10.6 Å². The molecular weight excluding hydrogens is 276 g/mol. The highest BCUT2D eigenvalue weighted by molar-refractivity contribution is 7.12. The van der Waals surface area contributed by atoms with Gasteiger partial charge in [0.15, 0.2) is 0 Å². The average Bonchev–Trinajstić information content (AvgIpc) is 3.12. The topological polar surface area (TPSA) is 78.4 Å². The lowest BCUT2D eigenvalue weighted by molar-refractivity contribution is -0.120. The molecule has 1 saturated carbocycles. The Kier molecular flexibility index (Phi) is 5.55. The van der Waals surface area contributed by atoms with Gasteiger partial charge in [-0.25, -0.2) is 0 Å². The van der Waals surface area contributed by atoms with Gasteiger partial charge in [0.25, 0.3) is 5.91 Å². The van der Waals surface area contributed by atoms with Crippen LogP contribution in [0.15, 0.2) is 17.5 Å². The number of hydrogen-bond acceptors (Lipinski definition) is 4. The van der Waals surface area contributed by atoms with Crippen molar-refractivity contribution in [3.63, 3.8) is 0 Å². The maximum atomic E-state index is 11.7. The third-order valence-electron chi connectivity index (χ3n) is 3.77. The number of thiophene rings is 1. The number of rotatable bonds is 6. The zero-order valence-electron chi connectivity index (χ0n) is 11.3. The van der Waals surface area contributed by atoms with E-state index in [4.69, 9.17) is 0 Å². The third kappa shape index (κ3) is 4.05. The predicted molar refractivity (Wildman–Crippen MR) is 77.6 cm³/mol. The Hall–Kier alpha value is -1.40. The van der Waals surface area contributed by atoms with Gasteiger partial charge >= 0.3 is 0 Å². The van der Waals surface area contributed by atoms with Gasteiger partial charge in [-0.3, -0.25) is 9.59 Å². The molecule has 1 aromatic heterocycles. The van der Waals surface area contributed by atoms with Crippen LogP contribution in [0.2, 0.25) is 0 Å². The molecule has 1 aliphatic carbocycles. The molecule has 1 aromatic rings. The van der Waals surface area contributed by atoms with Crippen molar-refractivity contribution in [2.24, 2.45) is 11.8 Å². The quantitative estimate of drug-likeness (QED) is 0.733. The minimum Gasteiger partial charge on any atom is -0.396 e. The molecule has 0 radical (unpaired) electrons. The highest BCUT2D eigenvalue weighted by Gasteiger charge is 2.26. The Labute approximate surface area is 122 Å². The molecule has 2 rings (SSSR count). The molecule has 5 nitrogen and oxygen atoms in total. The minimum absolute atomic E-state index is 0.00670. The van der Waals surface area contributed by atoms with E-state index in [0.717, 1.165) is 19.3 Å². The van der Waals surface area contributed by atoms with E-state index < -0.39 is 0 Å². The summed E-state index contributed by atoms with van der Waals surface area (Å²) in [4.78, 5) is 23.9. The fourth-order valence-electron chi connectivity index (χ4n) is 2.59. The normalized spacial score (nSPS) is 21.6. The molecule has 2 unspecified atom stereocenters. The van der Waals surface area contributed by atoms with Crippen molar-refractivity contribution in [3.05, 3.63) is 22.4 Å². The van der Waals surface area contributed by atoms with Crippen LogP contribution in [-0.2, 0) is 4.79 Å². The van der Waals surface area contributed by atoms with Gasteiger partial charge in [-0.1, -0.05) is 12.5 Å². The molecule has 2 atom stereocenters. The van der Waals surface area contributed by atoms with Crippen LogP contribution < -0.4 is 10.6 Å². The van der Waals surface area contributed by atoms with E-state index in [1.54, 1.807) is 12.1 Å². The molecule has 0 spiro atoms. The molecule has 1 aliphatic rings. The van der Waals surface area contributed by atoms with Gasteiger partial charge in [0, 0.05) is 13.2 Å². The Morgan fingerprint density at radius 3 is 2.80 bits per heavy atom. The molecule has 0 aromatic carbocycles. The van der Waals surface area contributed by atoms with Crippen molar-refractivity contribution in [2.45, 2.75) is 19.3 Å². The van der Waals surface area contributed by atoms with Crippen LogP contribution >= 0.6 is 11.3 Å². The lowest BCUT2D eigenvalue weighted by atomic mass is 9.97. The molecule has 3 N–H and O–H groups in total. The van der Waals surface area contributed by atoms with Crippen molar-refractivity contribution >= 4 is 23.2 Å². The lowest BCUT2D eigenvalue weighted by Gasteiger charge is -2.17. The van der Waals surface area contributed by atoms with Gasteiger partial charge in [0.05, 0.1) is 11.4 Å². The van der Waals surface area contributed by atoms with Crippen LogP contribution in [-0.4, -0.2) is 36.6 Å². The third-order valence-corrected chi connectivity index (χ3v) is 4.64. The van der Waals surface area contributed by atoms with Gasteiger partial charge in [-0.15, -0.1) is 11.3 Å². The molecular formula is C14H20N2O3S. The predicted octanol–water partition coefficient (Wildman–Crippen LogP) is 1.00. The van der Waals surface area contributed by atoms with Crippen molar-refractivity contribution in [2.75, 3.05) is 19.7 Å². The van der Waals surface area contributed by atoms with Crippen LogP contribution in [0.25, 0.3) is 0 Å². The molecule has 2 amide bonds. The number of aliphatic hydroxyl groups is 1. The van der Waals surface area contributed by atoms with Crippen LogP contribution in [0.5, 0.6) is 0 Å². The van der Waals surface area contributed by atoms with E-state index in [9.17, 15) is 14.7 Å². The SMILES string of the molecule is O=C(CNC(=O)c1cccs1)NCC1CCCC1CO. The summed E-state index contributed by atoms with van der Waals surface area (Å²) in [5.41, 5.74) is 0. The summed E-state index contributed by atoms with van der Waals surface area (Å²) in [6, 6.07) is 3.52. The molecule has 1 heterocycles. The average molecular weight is 296 g/mol. The number of carbonyl (C=O) groups excluding carboxylic acids is 2. The fraction of sp³-hybridized carbons (Fsp3) is 0.571. The highest BCUT2D eigenvalue weighted by Crippen LogP contribution is 2.30. The molecule has 20 heavy (non-hydrogen) atoms. The lowest BCUT2D eigenvalue weighted by Crippen LogP contribution is -2.39. The van der Waals surface area contributed by atoms with Crippen LogP contribution in [0, 0.1) is 11.8 Å². The number of carbonyl (C=O) groups is 2. The van der Waals surface area contributed by atoms with E-state index in [-0.39, 0.29) is 25.0 Å². The Morgan fingerprint density at radius 2 is 2.10 bits per heavy atom. The van der Waals surface area contributed by atoms with Gasteiger partial charge < -0.3 is 15.7 Å². The van der Waals surface area contributed by atoms with E-state index in [0.29, 0.717) is 23.3 Å². The summed E-state index contributed by atoms with van der Waals surface area (Å²) < 4.78 is 0. The van der Waals surface area contributed by atoms with Crippen molar-refractivity contribution in [3.8, 4) is 0 Å². The first-order valence-electron chi connectivity index (χ1n) is 6.90. The van der Waals surface area contributed by atoms with Crippen LogP contribution in [0.1, 0.15) is 28.9 Å². The minimum atomic E-state index is -0.218. The van der Waals surface area contributed by atoms with E-state index in [2.05, 4.69) is 10.6 Å². The monoisotopic (exact) mass is 296 g/mol. The van der Waals surface area contributed by atoms with E-state index >= 15 is 0 Å². The molecule has 6 heteroatoms. The fourth-order valence-corrected chi connectivity index (χ4v) is 3.23. The number of amides is 2. The first kappa shape index (κ1) is 15.0. The van der Waals surface area contributed by atoms with Gasteiger partial charge in [-0.05, 0) is 36.1 Å². The Balaban J connectivity index is 1.67. The first-order valence-corrected chi connectivity index (χ1v) is 7.78. The summed E-state index contributed by atoms with van der Waals surface area (Å²) in [7, 11) is 0. The second kappa shape index (κ2) is 7.40. The largest absolute Gasteiger partial charge is 0.396 e. The maximum Gasteiger partial charge on any atom is 0.261 e. The zero-order chi connectivity index (χ0) is 14.4. The molecule has 1 fully saturated rings. The second-order valence-electron chi connectivity index (χ2n) is 5.10. The Morgan fingerprint density at radius 1 is 1.30 bits per heavy atom. The summed E-state index contributed by atoms with van der Waals surface area (Å²) in [6.07, 6.45) is 3.19. The summed E-state index contributed by atoms with van der Waals surface area (Å²) >= 11 is 1.35. The van der Waals surface area contributed by atoms with Gasteiger partial charge in [-0.2, -0.15) is 0 Å². The Bertz CT molecular complexity index is 447. The number of nitrogens with one attached hydrogen (secondary N) is 2.